The fourth-order valence-electron chi connectivity index (χ4n) is 4.46. The Balaban J connectivity index is 1.46. The van der Waals surface area contributed by atoms with Gasteiger partial charge >= 0.3 is 0 Å². The fourth-order valence-corrected chi connectivity index (χ4v) is 4.56. The number of aliphatic hydroxyl groups excluding tert-OH is 2. The third kappa shape index (κ3) is 7.04. The largest absolute Gasteiger partial charge is 0.494 e. The Kier molecular flexibility index (Phi) is 9.50. The van der Waals surface area contributed by atoms with Crippen LogP contribution in [0.4, 0.5) is 5.95 Å². The number of hydrogen-bond acceptors (Lipinski definition) is 7. The molecule has 3 N–H and O–H groups in total. The third-order valence-electron chi connectivity index (χ3n) is 6.52. The van der Waals surface area contributed by atoms with Crippen LogP contribution >= 0.6 is 11.6 Å². The first-order valence-electron chi connectivity index (χ1n) is 11.8. The Morgan fingerprint density at radius 1 is 1.24 bits per heavy atom. The van der Waals surface area contributed by atoms with Crippen LogP contribution in [0.15, 0.2) is 24.5 Å². The van der Waals surface area contributed by atoms with E-state index in [0.717, 1.165) is 55.2 Å². The van der Waals surface area contributed by atoms with Crippen molar-refractivity contribution in [2.75, 3.05) is 37.7 Å². The summed E-state index contributed by atoms with van der Waals surface area (Å²) >= 11 is 5.89. The molecule has 1 amide bonds. The molecule has 1 saturated heterocycles. The van der Waals surface area contributed by atoms with E-state index in [4.69, 9.17) is 21.4 Å². The maximum atomic E-state index is 12.5. The van der Waals surface area contributed by atoms with Crippen molar-refractivity contribution in [1.29, 1.82) is 0 Å². The predicted molar refractivity (Wildman–Crippen MR) is 133 cm³/mol. The van der Waals surface area contributed by atoms with E-state index in [1.807, 2.05) is 26.0 Å². The van der Waals surface area contributed by atoms with Gasteiger partial charge in [-0.1, -0.05) is 18.5 Å². The maximum Gasteiger partial charge on any atom is 0.251 e. The molecular formula is C25H35ClN4O4. The zero-order chi connectivity index (χ0) is 24.7. The molecule has 2 aromatic rings. The van der Waals surface area contributed by atoms with Crippen LogP contribution in [-0.4, -0.2) is 65.0 Å². The van der Waals surface area contributed by atoms with E-state index in [9.17, 15) is 9.90 Å². The van der Waals surface area contributed by atoms with E-state index >= 15 is 0 Å². The summed E-state index contributed by atoms with van der Waals surface area (Å²) < 4.78 is 6.03. The highest BCUT2D eigenvalue weighted by Crippen LogP contribution is 2.29. The molecule has 1 fully saturated rings. The minimum atomic E-state index is -0.966. The molecule has 0 radical (unpaired) electrons. The molecule has 8 nitrogen and oxygen atoms in total. The van der Waals surface area contributed by atoms with E-state index in [1.165, 1.54) is 0 Å². The van der Waals surface area contributed by atoms with Gasteiger partial charge < -0.3 is 25.2 Å². The van der Waals surface area contributed by atoms with Crippen molar-refractivity contribution in [1.82, 2.24) is 15.3 Å². The van der Waals surface area contributed by atoms with Gasteiger partial charge in [-0.2, -0.15) is 0 Å². The summed E-state index contributed by atoms with van der Waals surface area (Å²) in [6, 6.07) is 3.75. The van der Waals surface area contributed by atoms with Gasteiger partial charge in [0.2, 0.25) is 5.95 Å². The quantitative estimate of drug-likeness (QED) is 0.469. The van der Waals surface area contributed by atoms with Gasteiger partial charge in [0.1, 0.15) is 5.75 Å². The molecule has 2 atom stereocenters. The number of benzene rings is 1. The van der Waals surface area contributed by atoms with Crippen molar-refractivity contribution in [2.45, 2.75) is 46.1 Å². The lowest BCUT2D eigenvalue weighted by molar-refractivity contribution is 0.0801. The number of halogens is 1. The van der Waals surface area contributed by atoms with Gasteiger partial charge in [0.25, 0.3) is 5.91 Å². The number of nitrogens with one attached hydrogen (secondary N) is 1. The number of carbonyl (C=O) groups excluding carboxylic acids is 1. The molecule has 3 rings (SSSR count). The number of ether oxygens (including phenoxy) is 1. The molecule has 1 aliphatic heterocycles. The molecule has 1 aromatic carbocycles. The van der Waals surface area contributed by atoms with Crippen molar-refractivity contribution < 1.29 is 19.7 Å². The normalized spacial score (nSPS) is 16.2. The molecule has 186 valence electrons. The number of aliphatic hydroxyl groups is 2. The number of amides is 1. The summed E-state index contributed by atoms with van der Waals surface area (Å²) in [7, 11) is 0. The molecule has 0 bridgehead atoms. The van der Waals surface area contributed by atoms with Gasteiger partial charge in [0.05, 0.1) is 36.7 Å². The molecule has 0 unspecified atom stereocenters. The lowest BCUT2D eigenvalue weighted by Crippen LogP contribution is -2.36. The zero-order valence-electron chi connectivity index (χ0n) is 20.1. The molecule has 1 aliphatic rings. The number of nitrogens with zero attached hydrogens (tertiary/aromatic N) is 3. The second kappa shape index (κ2) is 12.3. The van der Waals surface area contributed by atoms with Gasteiger partial charge in [-0.3, -0.25) is 4.79 Å². The molecule has 9 heteroatoms. The molecule has 2 heterocycles. The number of anilines is 1. The molecule has 34 heavy (non-hydrogen) atoms. The van der Waals surface area contributed by atoms with Crippen LogP contribution in [0, 0.1) is 25.7 Å². The first-order valence-corrected chi connectivity index (χ1v) is 12.2. The highest BCUT2D eigenvalue weighted by atomic mass is 35.5. The summed E-state index contributed by atoms with van der Waals surface area (Å²) in [4.78, 5) is 23.3. The van der Waals surface area contributed by atoms with Crippen molar-refractivity contribution in [3.63, 3.8) is 0 Å². The van der Waals surface area contributed by atoms with E-state index < -0.39 is 6.10 Å². The Labute approximate surface area is 206 Å². The van der Waals surface area contributed by atoms with Gasteiger partial charge in [-0.25, -0.2) is 9.97 Å². The Hall–Kier alpha value is -2.42. The monoisotopic (exact) mass is 490 g/mol. The fraction of sp³-hybridized carbons (Fsp3) is 0.560. The molecule has 0 aliphatic carbocycles. The first kappa shape index (κ1) is 26.2. The number of aromatic nitrogens is 2. The van der Waals surface area contributed by atoms with Crippen molar-refractivity contribution in [3.8, 4) is 5.75 Å². The minimum Gasteiger partial charge on any atom is -0.494 e. The Morgan fingerprint density at radius 2 is 1.85 bits per heavy atom. The minimum absolute atomic E-state index is 0.00992. The molecule has 1 aromatic heterocycles. The topological polar surface area (TPSA) is 108 Å². The number of piperidine rings is 1. The summed E-state index contributed by atoms with van der Waals surface area (Å²) in [6.45, 7) is 8.15. The van der Waals surface area contributed by atoms with Crippen LogP contribution in [-0.2, 0) is 0 Å². The Morgan fingerprint density at radius 3 is 2.44 bits per heavy atom. The lowest BCUT2D eigenvalue weighted by Gasteiger charge is -2.34. The van der Waals surface area contributed by atoms with Crippen LogP contribution in [0.1, 0.15) is 47.7 Å². The number of carbonyl (C=O) groups is 1. The van der Waals surface area contributed by atoms with Gasteiger partial charge in [-0.15, -0.1) is 0 Å². The van der Waals surface area contributed by atoms with E-state index in [-0.39, 0.29) is 19.1 Å². The molecular weight excluding hydrogens is 456 g/mol. The van der Waals surface area contributed by atoms with Crippen LogP contribution in [0.2, 0.25) is 5.02 Å². The highest BCUT2D eigenvalue weighted by Gasteiger charge is 2.25. The van der Waals surface area contributed by atoms with Crippen molar-refractivity contribution in [2.24, 2.45) is 11.8 Å². The predicted octanol–water partition coefficient (Wildman–Crippen LogP) is 3.15. The van der Waals surface area contributed by atoms with Crippen LogP contribution < -0.4 is 15.0 Å². The SMILES string of the molecule is Cc1cc(OCC[C@@H](C)C2CCN(c3ncc(Cl)cn3)CC2)cc(C)c1C(=O)NC[C@H](O)CO. The first-order chi connectivity index (χ1) is 16.3. The van der Waals surface area contributed by atoms with Gasteiger partial charge in [-0.05, 0) is 68.2 Å². The second-order valence-corrected chi connectivity index (χ2v) is 9.56. The maximum absolute atomic E-state index is 12.5. The number of hydrogen-bond donors (Lipinski definition) is 3. The summed E-state index contributed by atoms with van der Waals surface area (Å²) in [5, 5.41) is 21.6. The van der Waals surface area contributed by atoms with Crippen molar-refractivity contribution in [3.05, 3.63) is 46.2 Å². The second-order valence-electron chi connectivity index (χ2n) is 9.12. The highest BCUT2D eigenvalue weighted by molar-refractivity contribution is 6.30. The molecule has 0 spiro atoms. The Bertz CT molecular complexity index is 925. The average molecular weight is 491 g/mol. The number of aryl methyl sites for hydroxylation is 2. The summed E-state index contributed by atoms with van der Waals surface area (Å²) in [6.07, 6.45) is 5.47. The zero-order valence-corrected chi connectivity index (χ0v) is 20.9. The van der Waals surface area contributed by atoms with Crippen LogP contribution in [0.5, 0.6) is 5.75 Å². The molecule has 0 saturated carbocycles. The van der Waals surface area contributed by atoms with Crippen molar-refractivity contribution >= 4 is 23.5 Å². The van der Waals surface area contributed by atoms with E-state index in [1.54, 1.807) is 12.4 Å². The van der Waals surface area contributed by atoms with Gasteiger partial charge in [0, 0.05) is 25.2 Å². The van der Waals surface area contributed by atoms with E-state index in [0.29, 0.717) is 29.0 Å². The third-order valence-corrected chi connectivity index (χ3v) is 6.71. The van der Waals surface area contributed by atoms with Gasteiger partial charge in [0.15, 0.2) is 0 Å². The number of rotatable bonds is 10. The summed E-state index contributed by atoms with van der Waals surface area (Å²) in [5.41, 5.74) is 2.20. The standard InChI is InChI=1S/C25H35ClN4O4/c1-16(19-4-7-30(8-5-19)25-28-12-20(26)13-29-25)6-9-34-22-10-17(2)23(18(3)11-22)24(33)27-14-21(32)15-31/h10-13,16,19,21,31-32H,4-9,14-15H2,1-3H3,(H,27,33)/t16-,21+/m1/s1. The van der Waals surface area contributed by atoms with Crippen LogP contribution in [0.3, 0.4) is 0 Å². The smallest absolute Gasteiger partial charge is 0.251 e. The lowest BCUT2D eigenvalue weighted by atomic mass is 9.84. The summed E-state index contributed by atoms with van der Waals surface area (Å²) in [5.74, 6) is 2.41. The van der Waals surface area contributed by atoms with E-state index in [2.05, 4.69) is 27.1 Å². The average Bonchev–Trinajstić information content (AvgIpc) is 2.82. The van der Waals surface area contributed by atoms with Crippen LogP contribution in [0.25, 0.3) is 0 Å².